The first-order chi connectivity index (χ1) is 11.8. The van der Waals surface area contributed by atoms with Crippen molar-refractivity contribution >= 4 is 5.95 Å². The molecular formula is C19H30N4O. The number of hydrogen-bond donors (Lipinski definition) is 2. The van der Waals surface area contributed by atoms with Gasteiger partial charge >= 0.3 is 0 Å². The molecule has 5 nitrogen and oxygen atoms in total. The molecule has 3 aliphatic rings. The minimum Gasteiger partial charge on any atom is -0.396 e. The van der Waals surface area contributed by atoms with Crippen LogP contribution >= 0.6 is 0 Å². The maximum atomic E-state index is 9.30. The van der Waals surface area contributed by atoms with Gasteiger partial charge in [-0.1, -0.05) is 12.8 Å². The molecule has 1 aromatic rings. The number of nitrogens with zero attached hydrogens (tertiary/aromatic N) is 3. The number of rotatable bonds is 4. The van der Waals surface area contributed by atoms with Crippen molar-refractivity contribution in [3.63, 3.8) is 0 Å². The van der Waals surface area contributed by atoms with Crippen LogP contribution in [0.1, 0.15) is 68.7 Å². The van der Waals surface area contributed by atoms with Crippen LogP contribution in [0.25, 0.3) is 0 Å². The number of aliphatic hydroxyl groups is 1. The lowest BCUT2D eigenvalue weighted by Crippen LogP contribution is -2.37. The summed E-state index contributed by atoms with van der Waals surface area (Å²) in [5.41, 5.74) is 2.59. The van der Waals surface area contributed by atoms with Crippen LogP contribution in [0, 0.1) is 5.92 Å². The van der Waals surface area contributed by atoms with E-state index in [1.807, 2.05) is 0 Å². The Hall–Kier alpha value is -1.20. The van der Waals surface area contributed by atoms with E-state index in [0.717, 1.165) is 38.3 Å². The molecule has 132 valence electrons. The molecule has 2 aliphatic carbocycles. The summed E-state index contributed by atoms with van der Waals surface area (Å²) >= 11 is 0. The summed E-state index contributed by atoms with van der Waals surface area (Å²) in [5.74, 6) is 1.35. The van der Waals surface area contributed by atoms with Crippen molar-refractivity contribution in [3.05, 3.63) is 17.5 Å². The molecule has 0 radical (unpaired) electrons. The maximum absolute atomic E-state index is 9.30. The Bertz CT molecular complexity index is 550. The van der Waals surface area contributed by atoms with Crippen LogP contribution in [-0.4, -0.2) is 40.8 Å². The van der Waals surface area contributed by atoms with Gasteiger partial charge in [-0.3, -0.25) is 0 Å². The van der Waals surface area contributed by atoms with Gasteiger partial charge in [0.05, 0.1) is 5.69 Å². The molecule has 2 fully saturated rings. The van der Waals surface area contributed by atoms with Crippen LogP contribution < -0.4 is 10.2 Å². The first-order valence-corrected chi connectivity index (χ1v) is 9.81. The molecule has 4 rings (SSSR count). The molecule has 1 aliphatic heterocycles. The highest BCUT2D eigenvalue weighted by Crippen LogP contribution is 2.32. The van der Waals surface area contributed by atoms with E-state index in [1.165, 1.54) is 49.8 Å². The zero-order chi connectivity index (χ0) is 16.4. The minimum atomic E-state index is 0.313. The Kier molecular flexibility index (Phi) is 4.99. The Morgan fingerprint density at radius 1 is 1.08 bits per heavy atom. The molecule has 1 saturated heterocycles. The average molecular weight is 330 g/mol. The summed E-state index contributed by atoms with van der Waals surface area (Å²) < 4.78 is 0. The number of aromatic nitrogens is 2. The summed E-state index contributed by atoms with van der Waals surface area (Å²) in [6, 6.07) is 1.14. The number of aliphatic hydroxyl groups excluding tert-OH is 1. The highest BCUT2D eigenvalue weighted by Gasteiger charge is 2.27. The second-order valence-corrected chi connectivity index (χ2v) is 7.78. The molecule has 1 unspecified atom stereocenters. The molecule has 1 saturated carbocycles. The molecular weight excluding hydrogens is 300 g/mol. The quantitative estimate of drug-likeness (QED) is 0.888. The highest BCUT2D eigenvalue weighted by molar-refractivity contribution is 5.36. The van der Waals surface area contributed by atoms with Crippen molar-refractivity contribution < 1.29 is 5.11 Å². The van der Waals surface area contributed by atoms with Crippen molar-refractivity contribution in [1.82, 2.24) is 15.3 Å². The summed E-state index contributed by atoms with van der Waals surface area (Å²) in [5, 5.41) is 13.2. The van der Waals surface area contributed by atoms with E-state index in [2.05, 4.69) is 16.4 Å². The van der Waals surface area contributed by atoms with Crippen LogP contribution in [0.4, 0.5) is 5.95 Å². The molecule has 24 heavy (non-hydrogen) atoms. The van der Waals surface area contributed by atoms with E-state index in [-0.39, 0.29) is 0 Å². The minimum absolute atomic E-state index is 0.313. The van der Waals surface area contributed by atoms with Crippen molar-refractivity contribution in [2.45, 2.75) is 69.9 Å². The lowest BCUT2D eigenvalue weighted by Gasteiger charge is -2.33. The third-order valence-electron chi connectivity index (χ3n) is 6.12. The van der Waals surface area contributed by atoms with Crippen LogP contribution in [0.2, 0.25) is 0 Å². The Morgan fingerprint density at radius 3 is 2.62 bits per heavy atom. The summed E-state index contributed by atoms with van der Waals surface area (Å²) in [7, 11) is 0. The van der Waals surface area contributed by atoms with Gasteiger partial charge in [0, 0.05) is 43.5 Å². The van der Waals surface area contributed by atoms with Gasteiger partial charge in [-0.2, -0.15) is 0 Å². The van der Waals surface area contributed by atoms with Gasteiger partial charge < -0.3 is 15.3 Å². The van der Waals surface area contributed by atoms with Gasteiger partial charge in [-0.05, 0) is 50.9 Å². The number of nitrogens with one attached hydrogen (secondary N) is 1. The monoisotopic (exact) mass is 330 g/mol. The normalized spacial score (nSPS) is 25.9. The van der Waals surface area contributed by atoms with Gasteiger partial charge in [0.1, 0.15) is 0 Å². The van der Waals surface area contributed by atoms with Crippen LogP contribution in [0.5, 0.6) is 0 Å². The third-order valence-corrected chi connectivity index (χ3v) is 6.12. The lowest BCUT2D eigenvalue weighted by molar-refractivity contribution is 0.202. The van der Waals surface area contributed by atoms with Gasteiger partial charge in [0.25, 0.3) is 0 Å². The first-order valence-electron chi connectivity index (χ1n) is 9.81. The Morgan fingerprint density at radius 2 is 1.88 bits per heavy atom. The predicted octanol–water partition coefficient (Wildman–Crippen LogP) is 2.59. The Labute approximate surface area is 144 Å². The van der Waals surface area contributed by atoms with Crippen molar-refractivity contribution in [1.29, 1.82) is 0 Å². The number of hydrogen-bond acceptors (Lipinski definition) is 5. The van der Waals surface area contributed by atoms with Crippen molar-refractivity contribution in [2.24, 2.45) is 5.92 Å². The van der Waals surface area contributed by atoms with E-state index in [4.69, 9.17) is 9.97 Å². The standard InChI is InChI=1S/C19H30N4O/c24-13-14-8-10-23(11-9-14)19-20-12-16-17(6-3-7-18(16)22-19)21-15-4-1-2-5-15/h12,14-15,17,21,24H,1-11,13H2. The summed E-state index contributed by atoms with van der Waals surface area (Å²) in [6.07, 6.45) is 13.1. The zero-order valence-corrected chi connectivity index (χ0v) is 14.6. The number of piperidine rings is 1. The highest BCUT2D eigenvalue weighted by atomic mass is 16.3. The molecule has 2 N–H and O–H groups in total. The van der Waals surface area contributed by atoms with Gasteiger partial charge in [-0.25, -0.2) is 9.97 Å². The topological polar surface area (TPSA) is 61.3 Å². The van der Waals surface area contributed by atoms with E-state index >= 15 is 0 Å². The molecule has 0 aromatic carbocycles. The van der Waals surface area contributed by atoms with Crippen LogP contribution in [0.3, 0.4) is 0 Å². The van der Waals surface area contributed by atoms with Crippen molar-refractivity contribution in [3.8, 4) is 0 Å². The smallest absolute Gasteiger partial charge is 0.225 e. The third kappa shape index (κ3) is 3.42. The first kappa shape index (κ1) is 16.3. The lowest BCUT2D eigenvalue weighted by atomic mass is 9.91. The molecule has 0 amide bonds. The van der Waals surface area contributed by atoms with E-state index < -0.39 is 0 Å². The van der Waals surface area contributed by atoms with Gasteiger partial charge in [0.15, 0.2) is 0 Å². The van der Waals surface area contributed by atoms with E-state index in [0.29, 0.717) is 24.6 Å². The SMILES string of the molecule is OCC1CCN(c2ncc3c(n2)CCCC3NC2CCCC2)CC1. The molecule has 5 heteroatoms. The fraction of sp³-hybridized carbons (Fsp3) is 0.789. The Balaban J connectivity index is 1.46. The molecule has 0 spiro atoms. The van der Waals surface area contributed by atoms with Gasteiger partial charge in [0.2, 0.25) is 5.95 Å². The fourth-order valence-corrected chi connectivity index (χ4v) is 4.55. The van der Waals surface area contributed by atoms with E-state index in [9.17, 15) is 5.11 Å². The number of aryl methyl sites for hydroxylation is 1. The van der Waals surface area contributed by atoms with Gasteiger partial charge in [-0.15, -0.1) is 0 Å². The zero-order valence-electron chi connectivity index (χ0n) is 14.6. The van der Waals surface area contributed by atoms with Crippen molar-refractivity contribution in [2.75, 3.05) is 24.6 Å². The van der Waals surface area contributed by atoms with Crippen LogP contribution in [-0.2, 0) is 6.42 Å². The number of fused-ring (bicyclic) bond motifs is 1. The predicted molar refractivity (Wildman–Crippen MR) is 95.1 cm³/mol. The molecule has 1 aromatic heterocycles. The summed E-state index contributed by atoms with van der Waals surface area (Å²) in [6.45, 7) is 2.24. The fourth-order valence-electron chi connectivity index (χ4n) is 4.55. The average Bonchev–Trinajstić information content (AvgIpc) is 3.15. The molecule has 0 bridgehead atoms. The molecule has 2 heterocycles. The second kappa shape index (κ2) is 7.36. The second-order valence-electron chi connectivity index (χ2n) is 7.78. The molecule has 1 atom stereocenters. The number of anilines is 1. The van der Waals surface area contributed by atoms with E-state index in [1.54, 1.807) is 0 Å². The maximum Gasteiger partial charge on any atom is 0.225 e. The summed E-state index contributed by atoms with van der Waals surface area (Å²) in [4.78, 5) is 11.9. The largest absolute Gasteiger partial charge is 0.396 e. The van der Waals surface area contributed by atoms with Crippen LogP contribution in [0.15, 0.2) is 6.20 Å².